The Morgan fingerprint density at radius 3 is 3.23 bits per heavy atom. The summed E-state index contributed by atoms with van der Waals surface area (Å²) in [6.45, 7) is 4.37. The number of thioether (sulfide) groups is 1. The van der Waals surface area contributed by atoms with E-state index in [1.54, 1.807) is 0 Å². The van der Waals surface area contributed by atoms with Gasteiger partial charge in [0.2, 0.25) is 0 Å². The van der Waals surface area contributed by atoms with E-state index in [9.17, 15) is 0 Å². The molecular weight excluding hydrogens is 180 g/mol. The fraction of sp³-hybridized carbons (Fsp3) is 0.500. The summed E-state index contributed by atoms with van der Waals surface area (Å²) in [5.41, 5.74) is 2.75. The van der Waals surface area contributed by atoms with Gasteiger partial charge in [-0.15, -0.1) is 0 Å². The van der Waals surface area contributed by atoms with Crippen molar-refractivity contribution >= 4 is 11.8 Å². The lowest BCUT2D eigenvalue weighted by molar-refractivity contribution is 0.687. The molecular formula is C10H14N2S. The number of rotatable bonds is 1. The highest BCUT2D eigenvalue weighted by molar-refractivity contribution is 7.99. The summed E-state index contributed by atoms with van der Waals surface area (Å²) < 4.78 is 0. The minimum Gasteiger partial charge on any atom is -0.314 e. The maximum Gasteiger partial charge on any atom is 0.0426 e. The van der Waals surface area contributed by atoms with E-state index < -0.39 is 0 Å². The zero-order chi connectivity index (χ0) is 9.10. The molecule has 1 aliphatic rings. The van der Waals surface area contributed by atoms with Gasteiger partial charge in [0, 0.05) is 36.5 Å². The minimum absolute atomic E-state index is 0.622. The molecule has 1 saturated heterocycles. The number of hydrogen-bond donors (Lipinski definition) is 1. The van der Waals surface area contributed by atoms with Gasteiger partial charge in [-0.1, -0.05) is 0 Å². The van der Waals surface area contributed by atoms with E-state index in [-0.39, 0.29) is 0 Å². The Bertz CT molecular complexity index is 282. The van der Waals surface area contributed by atoms with Crippen LogP contribution in [0.2, 0.25) is 0 Å². The number of aryl methyl sites for hydroxylation is 1. The Labute approximate surface area is 83.1 Å². The van der Waals surface area contributed by atoms with Crippen LogP contribution in [0.15, 0.2) is 18.5 Å². The van der Waals surface area contributed by atoms with E-state index in [1.165, 1.54) is 16.9 Å². The smallest absolute Gasteiger partial charge is 0.0426 e. The molecule has 2 nitrogen and oxygen atoms in total. The lowest BCUT2D eigenvalue weighted by atomic mass is 10.1. The Kier molecular flexibility index (Phi) is 2.86. The van der Waals surface area contributed by atoms with Crippen molar-refractivity contribution in [3.8, 4) is 0 Å². The predicted octanol–water partition coefficient (Wildman–Crippen LogP) is 1.77. The Morgan fingerprint density at radius 1 is 1.62 bits per heavy atom. The molecule has 1 unspecified atom stereocenters. The van der Waals surface area contributed by atoms with Gasteiger partial charge in [-0.05, 0) is 24.1 Å². The first-order chi connectivity index (χ1) is 6.38. The van der Waals surface area contributed by atoms with Crippen molar-refractivity contribution in [3.05, 3.63) is 29.6 Å². The molecule has 0 aliphatic carbocycles. The van der Waals surface area contributed by atoms with Crippen LogP contribution in [0.5, 0.6) is 0 Å². The molecule has 0 spiro atoms. The molecule has 2 heterocycles. The summed E-state index contributed by atoms with van der Waals surface area (Å²) in [6, 6.07) is 2.14. The number of nitrogens with zero attached hydrogens (tertiary/aromatic N) is 1. The molecule has 2 rings (SSSR count). The second-order valence-corrected chi connectivity index (χ2v) is 4.61. The highest BCUT2D eigenvalue weighted by Gasteiger charge is 2.16. The molecule has 1 fully saturated rings. The highest BCUT2D eigenvalue weighted by atomic mass is 32.2. The van der Waals surface area contributed by atoms with E-state index in [0.29, 0.717) is 5.25 Å². The molecule has 0 bridgehead atoms. The van der Waals surface area contributed by atoms with Crippen LogP contribution in [-0.2, 0) is 0 Å². The number of nitrogens with one attached hydrogen (secondary N) is 1. The summed E-state index contributed by atoms with van der Waals surface area (Å²) >= 11 is 2.04. The molecule has 13 heavy (non-hydrogen) atoms. The second kappa shape index (κ2) is 4.11. The van der Waals surface area contributed by atoms with E-state index in [1.807, 2.05) is 24.2 Å². The first-order valence-corrected chi connectivity index (χ1v) is 5.65. The van der Waals surface area contributed by atoms with Gasteiger partial charge in [0.05, 0.1) is 0 Å². The first kappa shape index (κ1) is 9.03. The first-order valence-electron chi connectivity index (χ1n) is 4.61. The number of hydrogen-bond acceptors (Lipinski definition) is 3. The summed E-state index contributed by atoms with van der Waals surface area (Å²) in [5, 5.41) is 4.04. The van der Waals surface area contributed by atoms with Gasteiger partial charge in [0.15, 0.2) is 0 Å². The molecule has 0 aromatic carbocycles. The molecule has 1 aromatic heterocycles. The zero-order valence-corrected chi connectivity index (χ0v) is 8.60. The standard InChI is InChI=1S/C10H14N2S/c1-8-6-11-3-2-9(8)10-7-12-4-5-13-10/h2-3,6,10,12H,4-5,7H2,1H3. The van der Waals surface area contributed by atoms with Gasteiger partial charge in [0.1, 0.15) is 0 Å². The van der Waals surface area contributed by atoms with Crippen molar-refractivity contribution in [1.29, 1.82) is 0 Å². The zero-order valence-electron chi connectivity index (χ0n) is 7.79. The lowest BCUT2D eigenvalue weighted by Crippen LogP contribution is -2.28. The predicted molar refractivity (Wildman–Crippen MR) is 57.0 cm³/mol. The molecule has 0 saturated carbocycles. The molecule has 3 heteroatoms. The van der Waals surface area contributed by atoms with E-state index in [2.05, 4.69) is 23.3 Å². The average molecular weight is 194 g/mol. The maximum absolute atomic E-state index is 4.11. The lowest BCUT2D eigenvalue weighted by Gasteiger charge is -2.23. The molecule has 1 aliphatic heterocycles. The molecule has 0 amide bonds. The minimum atomic E-state index is 0.622. The topological polar surface area (TPSA) is 24.9 Å². The van der Waals surface area contributed by atoms with Gasteiger partial charge >= 0.3 is 0 Å². The van der Waals surface area contributed by atoms with Gasteiger partial charge in [-0.2, -0.15) is 11.8 Å². The largest absolute Gasteiger partial charge is 0.314 e. The molecule has 1 N–H and O–H groups in total. The second-order valence-electron chi connectivity index (χ2n) is 3.30. The summed E-state index contributed by atoms with van der Waals surface area (Å²) in [6.07, 6.45) is 3.84. The average Bonchev–Trinajstić information content (AvgIpc) is 2.20. The van der Waals surface area contributed by atoms with Crippen LogP contribution in [0.25, 0.3) is 0 Å². The Morgan fingerprint density at radius 2 is 2.54 bits per heavy atom. The van der Waals surface area contributed by atoms with Crippen molar-refractivity contribution in [2.24, 2.45) is 0 Å². The third-order valence-corrected chi connectivity index (χ3v) is 3.60. The fourth-order valence-electron chi connectivity index (χ4n) is 1.61. The van der Waals surface area contributed by atoms with Crippen LogP contribution in [0.1, 0.15) is 16.4 Å². The Hall–Kier alpha value is -0.540. The summed E-state index contributed by atoms with van der Waals surface area (Å²) in [4.78, 5) is 4.11. The highest BCUT2D eigenvalue weighted by Crippen LogP contribution is 2.31. The van der Waals surface area contributed by atoms with E-state index >= 15 is 0 Å². The van der Waals surface area contributed by atoms with Crippen molar-refractivity contribution in [2.75, 3.05) is 18.8 Å². The monoisotopic (exact) mass is 194 g/mol. The van der Waals surface area contributed by atoms with Gasteiger partial charge < -0.3 is 5.32 Å². The maximum atomic E-state index is 4.11. The third kappa shape index (κ3) is 2.03. The Balaban J connectivity index is 2.18. The van der Waals surface area contributed by atoms with E-state index in [0.717, 1.165) is 13.1 Å². The van der Waals surface area contributed by atoms with Crippen molar-refractivity contribution in [1.82, 2.24) is 10.3 Å². The molecule has 70 valence electrons. The van der Waals surface area contributed by atoms with Gasteiger partial charge in [-0.3, -0.25) is 4.98 Å². The number of pyridine rings is 1. The van der Waals surface area contributed by atoms with Crippen molar-refractivity contribution in [2.45, 2.75) is 12.2 Å². The van der Waals surface area contributed by atoms with Crippen LogP contribution < -0.4 is 5.32 Å². The van der Waals surface area contributed by atoms with Crippen LogP contribution in [0, 0.1) is 6.92 Å². The molecule has 1 aromatic rings. The van der Waals surface area contributed by atoms with Crippen LogP contribution in [-0.4, -0.2) is 23.8 Å². The van der Waals surface area contributed by atoms with Crippen LogP contribution in [0.3, 0.4) is 0 Å². The fourth-order valence-corrected chi connectivity index (χ4v) is 2.84. The van der Waals surface area contributed by atoms with Crippen LogP contribution in [0.4, 0.5) is 0 Å². The quantitative estimate of drug-likeness (QED) is 0.737. The summed E-state index contributed by atoms with van der Waals surface area (Å²) in [5.74, 6) is 1.21. The van der Waals surface area contributed by atoms with Crippen LogP contribution >= 0.6 is 11.8 Å². The van der Waals surface area contributed by atoms with Crippen molar-refractivity contribution < 1.29 is 0 Å². The normalized spacial score (nSPS) is 23.0. The molecule has 1 atom stereocenters. The number of aromatic nitrogens is 1. The van der Waals surface area contributed by atoms with E-state index in [4.69, 9.17) is 0 Å². The SMILES string of the molecule is Cc1cnccc1C1CNCCS1. The molecule has 0 radical (unpaired) electrons. The third-order valence-electron chi connectivity index (χ3n) is 2.34. The summed E-state index contributed by atoms with van der Waals surface area (Å²) in [7, 11) is 0. The van der Waals surface area contributed by atoms with Gasteiger partial charge in [0.25, 0.3) is 0 Å². The van der Waals surface area contributed by atoms with Gasteiger partial charge in [-0.25, -0.2) is 0 Å². The van der Waals surface area contributed by atoms with Crippen molar-refractivity contribution in [3.63, 3.8) is 0 Å².